The SMILES string of the molecule is CC(=O)CCNc1cccc2c1c(Sc1ccc(Cl)cc1)c(C)n2CC(=O)O. The highest BCUT2D eigenvalue weighted by atomic mass is 35.5. The number of hydrogen-bond donors (Lipinski definition) is 2. The van der Waals surface area contributed by atoms with E-state index in [4.69, 9.17) is 11.6 Å². The van der Waals surface area contributed by atoms with Crippen molar-refractivity contribution in [1.82, 2.24) is 4.57 Å². The normalized spacial score (nSPS) is 11.0. The quantitative estimate of drug-likeness (QED) is 0.526. The topological polar surface area (TPSA) is 71.3 Å². The van der Waals surface area contributed by atoms with Gasteiger partial charge >= 0.3 is 5.97 Å². The van der Waals surface area contributed by atoms with E-state index in [-0.39, 0.29) is 12.3 Å². The lowest BCUT2D eigenvalue weighted by Gasteiger charge is -2.09. The van der Waals surface area contributed by atoms with Gasteiger partial charge < -0.3 is 15.0 Å². The van der Waals surface area contributed by atoms with Crippen molar-refractivity contribution in [2.24, 2.45) is 0 Å². The van der Waals surface area contributed by atoms with Crippen molar-refractivity contribution >= 4 is 51.7 Å². The molecule has 0 aliphatic rings. The second-order valence-electron chi connectivity index (χ2n) is 6.53. The van der Waals surface area contributed by atoms with Crippen LogP contribution in [0.4, 0.5) is 5.69 Å². The zero-order valence-corrected chi connectivity index (χ0v) is 17.2. The first-order valence-electron chi connectivity index (χ1n) is 8.87. The zero-order valence-electron chi connectivity index (χ0n) is 15.7. The maximum atomic E-state index is 11.4. The van der Waals surface area contributed by atoms with Crippen LogP contribution in [0.15, 0.2) is 52.3 Å². The van der Waals surface area contributed by atoms with Crippen molar-refractivity contribution in [3.8, 4) is 0 Å². The van der Waals surface area contributed by atoms with Crippen LogP contribution < -0.4 is 5.32 Å². The molecular formula is C21H21ClN2O3S. The van der Waals surface area contributed by atoms with Crippen LogP contribution in [-0.4, -0.2) is 28.0 Å². The molecule has 1 aromatic heterocycles. The molecule has 5 nitrogen and oxygen atoms in total. The summed E-state index contributed by atoms with van der Waals surface area (Å²) in [5, 5.41) is 14.3. The summed E-state index contributed by atoms with van der Waals surface area (Å²) in [6.07, 6.45) is 0.435. The molecule has 0 bridgehead atoms. The van der Waals surface area contributed by atoms with Crippen molar-refractivity contribution in [3.05, 3.63) is 53.2 Å². The summed E-state index contributed by atoms with van der Waals surface area (Å²) in [7, 11) is 0. The number of aliphatic carboxylic acids is 1. The summed E-state index contributed by atoms with van der Waals surface area (Å²) < 4.78 is 1.81. The molecule has 28 heavy (non-hydrogen) atoms. The summed E-state index contributed by atoms with van der Waals surface area (Å²) in [5.74, 6) is -0.770. The number of hydrogen-bond acceptors (Lipinski definition) is 4. The van der Waals surface area contributed by atoms with Crippen LogP contribution in [0.2, 0.25) is 5.02 Å². The second kappa shape index (κ2) is 8.71. The molecule has 0 saturated heterocycles. The van der Waals surface area contributed by atoms with Crippen LogP contribution in [-0.2, 0) is 16.1 Å². The fourth-order valence-electron chi connectivity index (χ4n) is 3.09. The van der Waals surface area contributed by atoms with Crippen LogP contribution in [0.1, 0.15) is 19.0 Å². The van der Waals surface area contributed by atoms with E-state index in [2.05, 4.69) is 5.32 Å². The minimum atomic E-state index is -0.891. The molecular weight excluding hydrogens is 396 g/mol. The van der Waals surface area contributed by atoms with Crippen LogP contribution in [0.5, 0.6) is 0 Å². The Hall–Kier alpha value is -2.44. The summed E-state index contributed by atoms with van der Waals surface area (Å²) >= 11 is 7.57. The molecule has 2 aromatic carbocycles. The number of rotatable bonds is 8. The average molecular weight is 417 g/mol. The molecule has 0 atom stereocenters. The fraction of sp³-hybridized carbons (Fsp3) is 0.238. The number of carboxylic acid groups (broad SMARTS) is 1. The van der Waals surface area contributed by atoms with Crippen LogP contribution in [0.25, 0.3) is 10.9 Å². The lowest BCUT2D eigenvalue weighted by Crippen LogP contribution is -2.10. The lowest BCUT2D eigenvalue weighted by molar-refractivity contribution is -0.137. The van der Waals surface area contributed by atoms with E-state index in [0.29, 0.717) is 18.0 Å². The Kier molecular flexibility index (Phi) is 6.31. The van der Waals surface area contributed by atoms with Gasteiger partial charge in [0.1, 0.15) is 12.3 Å². The molecule has 0 amide bonds. The van der Waals surface area contributed by atoms with E-state index in [9.17, 15) is 14.7 Å². The number of nitrogens with zero attached hydrogens (tertiary/aromatic N) is 1. The molecule has 3 aromatic rings. The van der Waals surface area contributed by atoms with Gasteiger partial charge in [-0.25, -0.2) is 0 Å². The van der Waals surface area contributed by atoms with Gasteiger partial charge in [-0.1, -0.05) is 29.4 Å². The summed E-state index contributed by atoms with van der Waals surface area (Å²) in [4.78, 5) is 24.7. The fourth-order valence-corrected chi connectivity index (χ4v) is 4.30. The Morgan fingerprint density at radius 1 is 1.18 bits per heavy atom. The molecule has 0 fully saturated rings. The number of aromatic nitrogens is 1. The Morgan fingerprint density at radius 2 is 1.89 bits per heavy atom. The van der Waals surface area contributed by atoms with Gasteiger partial charge in [-0.2, -0.15) is 0 Å². The maximum absolute atomic E-state index is 11.4. The van der Waals surface area contributed by atoms with Gasteiger partial charge in [-0.3, -0.25) is 9.59 Å². The van der Waals surface area contributed by atoms with E-state index >= 15 is 0 Å². The van der Waals surface area contributed by atoms with E-state index < -0.39 is 5.97 Å². The van der Waals surface area contributed by atoms with Crippen molar-refractivity contribution in [3.63, 3.8) is 0 Å². The molecule has 0 aliphatic carbocycles. The first kappa shape index (κ1) is 20.3. The molecule has 1 heterocycles. The van der Waals surface area contributed by atoms with Crippen LogP contribution >= 0.6 is 23.4 Å². The highest BCUT2D eigenvalue weighted by molar-refractivity contribution is 7.99. The minimum absolute atomic E-state index is 0.111. The molecule has 3 rings (SSSR count). The highest BCUT2D eigenvalue weighted by Gasteiger charge is 2.19. The van der Waals surface area contributed by atoms with Gasteiger partial charge in [-0.05, 0) is 50.2 Å². The Bertz CT molecular complexity index is 1030. The largest absolute Gasteiger partial charge is 0.480 e. The summed E-state index contributed by atoms with van der Waals surface area (Å²) in [6.45, 7) is 3.92. The summed E-state index contributed by atoms with van der Waals surface area (Å²) in [6, 6.07) is 13.3. The molecule has 0 radical (unpaired) electrons. The van der Waals surface area contributed by atoms with Gasteiger partial charge in [0.25, 0.3) is 0 Å². The number of nitrogens with one attached hydrogen (secondary N) is 1. The number of fused-ring (bicyclic) bond motifs is 1. The van der Waals surface area contributed by atoms with E-state index in [1.54, 1.807) is 18.7 Å². The third-order valence-electron chi connectivity index (χ3n) is 4.41. The zero-order chi connectivity index (χ0) is 20.3. The van der Waals surface area contributed by atoms with Crippen molar-refractivity contribution in [2.75, 3.05) is 11.9 Å². The Morgan fingerprint density at radius 3 is 2.54 bits per heavy atom. The predicted molar refractivity (Wildman–Crippen MR) is 114 cm³/mol. The summed E-state index contributed by atoms with van der Waals surface area (Å²) in [5.41, 5.74) is 2.63. The number of ketones is 1. The molecule has 146 valence electrons. The Balaban J connectivity index is 2.10. The molecule has 7 heteroatoms. The maximum Gasteiger partial charge on any atom is 0.323 e. The number of Topliss-reactive ketones (excluding diaryl/α,β-unsaturated/α-hetero) is 1. The first-order chi connectivity index (χ1) is 13.4. The molecule has 0 aliphatic heterocycles. The predicted octanol–water partition coefficient (Wildman–Crippen LogP) is 5.23. The van der Waals surface area contributed by atoms with Gasteiger partial charge in [-0.15, -0.1) is 0 Å². The first-order valence-corrected chi connectivity index (χ1v) is 10.1. The van der Waals surface area contributed by atoms with Crippen molar-refractivity contribution in [2.45, 2.75) is 36.6 Å². The number of benzene rings is 2. The third kappa shape index (κ3) is 4.51. The lowest BCUT2D eigenvalue weighted by atomic mass is 10.2. The highest BCUT2D eigenvalue weighted by Crippen LogP contribution is 2.41. The number of carbonyl (C=O) groups excluding carboxylic acids is 1. The molecule has 0 spiro atoms. The number of carboxylic acids is 1. The number of carbonyl (C=O) groups is 2. The molecule has 0 saturated carbocycles. The van der Waals surface area contributed by atoms with Crippen LogP contribution in [0.3, 0.4) is 0 Å². The minimum Gasteiger partial charge on any atom is -0.480 e. The standard InChI is InChI=1S/C21H21ClN2O3S/c1-13(25)10-11-23-17-4-3-5-18-20(17)21(14(2)24(18)12-19(26)27)28-16-8-6-15(22)7-9-16/h3-9,23H,10-12H2,1-2H3,(H,26,27). The van der Waals surface area contributed by atoms with Gasteiger partial charge in [0.2, 0.25) is 0 Å². The molecule has 0 unspecified atom stereocenters. The van der Waals surface area contributed by atoms with E-state index in [1.165, 1.54) is 0 Å². The molecule has 2 N–H and O–H groups in total. The van der Waals surface area contributed by atoms with Crippen molar-refractivity contribution in [1.29, 1.82) is 0 Å². The van der Waals surface area contributed by atoms with Crippen LogP contribution in [0, 0.1) is 6.92 Å². The number of anilines is 1. The van der Waals surface area contributed by atoms with Gasteiger partial charge in [0.15, 0.2) is 0 Å². The second-order valence-corrected chi connectivity index (χ2v) is 8.05. The van der Waals surface area contributed by atoms with Gasteiger partial charge in [0.05, 0.1) is 5.52 Å². The van der Waals surface area contributed by atoms with Crippen molar-refractivity contribution < 1.29 is 14.7 Å². The smallest absolute Gasteiger partial charge is 0.323 e. The van der Waals surface area contributed by atoms with E-state index in [1.807, 2.05) is 54.0 Å². The van der Waals surface area contributed by atoms with E-state index in [0.717, 1.165) is 32.1 Å². The van der Waals surface area contributed by atoms with Gasteiger partial charge in [0, 0.05) is 44.5 Å². The average Bonchev–Trinajstić information content (AvgIpc) is 2.89. The Labute approximate surface area is 172 Å². The monoisotopic (exact) mass is 416 g/mol. The number of halogens is 1. The third-order valence-corrected chi connectivity index (χ3v) is 5.88.